The Morgan fingerprint density at radius 2 is 1.72 bits per heavy atom. The molecule has 0 saturated carbocycles. The van der Waals surface area contributed by atoms with Gasteiger partial charge in [-0.05, 0) is 62.3 Å². The number of ketones is 1. The lowest BCUT2D eigenvalue weighted by Crippen LogP contribution is -2.53. The number of amides is 2. The number of Topliss-reactive ketones (excluding diaryl/α,β-unsaturated/α-hetero) is 1. The quantitative estimate of drug-likeness (QED) is 0.0740. The van der Waals surface area contributed by atoms with E-state index >= 15 is 0 Å². The van der Waals surface area contributed by atoms with E-state index in [2.05, 4.69) is 20.9 Å². The highest BCUT2D eigenvalue weighted by Crippen LogP contribution is 2.24. The van der Waals surface area contributed by atoms with Gasteiger partial charge < -0.3 is 26.4 Å². The lowest BCUT2D eigenvalue weighted by molar-refractivity contribution is -0.124. The molecule has 4 rings (SSSR count). The Labute approximate surface area is 272 Å². The molecule has 1 aliphatic rings. The number of hydrogen-bond acceptors (Lipinski definition) is 9. The molecule has 1 saturated heterocycles. The van der Waals surface area contributed by atoms with Crippen LogP contribution >= 0.6 is 11.3 Å². The first-order chi connectivity index (χ1) is 21.9. The van der Waals surface area contributed by atoms with E-state index in [0.29, 0.717) is 37.7 Å². The molecule has 0 bridgehead atoms. The minimum Gasteiger partial charge on any atom is -0.446 e. The maximum absolute atomic E-state index is 13.6. The van der Waals surface area contributed by atoms with Crippen molar-refractivity contribution < 1.29 is 27.5 Å². The maximum atomic E-state index is 13.6. The van der Waals surface area contributed by atoms with Crippen LogP contribution in [0.4, 0.5) is 4.79 Å². The van der Waals surface area contributed by atoms with E-state index in [1.165, 1.54) is 15.6 Å². The molecule has 2 heterocycles. The molecule has 13 nitrogen and oxygen atoms in total. The van der Waals surface area contributed by atoms with Crippen molar-refractivity contribution in [2.45, 2.75) is 69.0 Å². The van der Waals surface area contributed by atoms with Crippen LogP contribution in [0.1, 0.15) is 55.8 Å². The zero-order chi connectivity index (χ0) is 33.3. The van der Waals surface area contributed by atoms with Gasteiger partial charge in [0.05, 0.1) is 21.2 Å². The number of nitrogens with one attached hydrogen (secondary N) is 4. The van der Waals surface area contributed by atoms with Crippen molar-refractivity contribution in [2.24, 2.45) is 11.7 Å². The first-order valence-corrected chi connectivity index (χ1v) is 17.5. The van der Waals surface area contributed by atoms with E-state index in [1.807, 2.05) is 38.1 Å². The minimum atomic E-state index is -3.64. The molecule has 0 spiro atoms. The van der Waals surface area contributed by atoms with Crippen LogP contribution in [0.15, 0.2) is 59.5 Å². The van der Waals surface area contributed by atoms with Crippen LogP contribution in [-0.4, -0.2) is 79.3 Å². The van der Waals surface area contributed by atoms with Crippen LogP contribution in [0.2, 0.25) is 0 Å². The Morgan fingerprint density at radius 1 is 1.04 bits per heavy atom. The standard InChI is InChI=1S/C31H41N7O6S2/c1-20(2)19-25(37-31(41)44-21-14-17-38(18-15-21)46(42,43)22-9-4-3-5-10-22)28(40)35-24(12-8-16-34-30(32)33)27(39)29-36-23-11-6-7-13-26(23)45-29/h3-7,9-11,13,20-21,24-25H,8,12,14-19H2,1-2H3,(H,35,40)(H,37,41)(H4,32,33,34)/t24-,25-/m0/s1. The number of aromatic nitrogens is 1. The van der Waals surface area contributed by atoms with E-state index in [0.717, 1.165) is 4.70 Å². The highest BCUT2D eigenvalue weighted by atomic mass is 32.2. The molecule has 6 N–H and O–H groups in total. The summed E-state index contributed by atoms with van der Waals surface area (Å²) in [6.07, 6.45) is 0.301. The first-order valence-electron chi connectivity index (χ1n) is 15.2. The zero-order valence-electron chi connectivity index (χ0n) is 25.9. The Morgan fingerprint density at radius 3 is 2.37 bits per heavy atom. The number of benzene rings is 2. The number of piperidine rings is 1. The molecule has 3 aromatic rings. The Hall–Kier alpha value is -4.08. The SMILES string of the molecule is CC(C)C[C@H](NC(=O)OC1CCN(S(=O)(=O)c2ccccc2)CC1)C(=O)N[C@@H](CCCNC(=N)N)C(=O)c1nc2ccccc2s1. The molecule has 1 fully saturated rings. The molecule has 0 radical (unpaired) electrons. The van der Waals surface area contributed by atoms with Crippen molar-refractivity contribution in [3.05, 3.63) is 59.6 Å². The van der Waals surface area contributed by atoms with Gasteiger partial charge in [0.15, 0.2) is 11.0 Å². The largest absolute Gasteiger partial charge is 0.446 e. The zero-order valence-corrected chi connectivity index (χ0v) is 27.5. The number of rotatable bonds is 14. The summed E-state index contributed by atoms with van der Waals surface area (Å²) in [7, 11) is -3.64. The summed E-state index contributed by atoms with van der Waals surface area (Å²) in [5.74, 6) is -1.05. The van der Waals surface area contributed by atoms with Gasteiger partial charge in [0.1, 0.15) is 12.1 Å². The van der Waals surface area contributed by atoms with Gasteiger partial charge in [0.25, 0.3) is 0 Å². The van der Waals surface area contributed by atoms with Gasteiger partial charge in [0.2, 0.25) is 21.7 Å². The highest BCUT2D eigenvalue weighted by Gasteiger charge is 2.33. The number of para-hydroxylation sites is 1. The number of guanidine groups is 1. The average molecular weight is 672 g/mol. The molecule has 0 aliphatic carbocycles. The fourth-order valence-electron chi connectivity index (χ4n) is 5.16. The van der Waals surface area contributed by atoms with Crippen LogP contribution in [0.25, 0.3) is 10.2 Å². The van der Waals surface area contributed by atoms with E-state index in [9.17, 15) is 22.8 Å². The molecule has 2 amide bonds. The third-order valence-electron chi connectivity index (χ3n) is 7.49. The van der Waals surface area contributed by atoms with Crippen molar-refractivity contribution >= 4 is 55.3 Å². The maximum Gasteiger partial charge on any atom is 0.408 e. The average Bonchev–Trinajstić information content (AvgIpc) is 3.46. The molecule has 1 aromatic heterocycles. The molecule has 46 heavy (non-hydrogen) atoms. The second-order valence-corrected chi connectivity index (χ2v) is 14.5. The van der Waals surface area contributed by atoms with Crippen molar-refractivity contribution in [1.82, 2.24) is 25.2 Å². The van der Waals surface area contributed by atoms with Crippen molar-refractivity contribution in [1.29, 1.82) is 5.41 Å². The second kappa shape index (κ2) is 16.0. The minimum absolute atomic E-state index is 0.0284. The van der Waals surface area contributed by atoms with Crippen molar-refractivity contribution in [3.8, 4) is 0 Å². The third kappa shape index (κ3) is 9.47. The molecule has 2 atom stereocenters. The van der Waals surface area contributed by atoms with Crippen LogP contribution < -0.4 is 21.7 Å². The van der Waals surface area contributed by atoms with Gasteiger partial charge in [-0.3, -0.25) is 15.0 Å². The van der Waals surface area contributed by atoms with Gasteiger partial charge in [-0.2, -0.15) is 4.31 Å². The lowest BCUT2D eigenvalue weighted by atomic mass is 10.0. The number of hydrogen-bond donors (Lipinski definition) is 5. The second-order valence-electron chi connectivity index (χ2n) is 11.5. The van der Waals surface area contributed by atoms with Crippen molar-refractivity contribution in [3.63, 3.8) is 0 Å². The Bertz CT molecular complexity index is 1590. The van der Waals surface area contributed by atoms with Crippen LogP contribution in [0.5, 0.6) is 0 Å². The molecule has 0 unspecified atom stereocenters. The first kappa shape index (κ1) is 34.8. The summed E-state index contributed by atoms with van der Waals surface area (Å²) in [5, 5.41) is 15.8. The highest BCUT2D eigenvalue weighted by molar-refractivity contribution is 7.89. The summed E-state index contributed by atoms with van der Waals surface area (Å²) < 4.78 is 33.7. The predicted molar refractivity (Wildman–Crippen MR) is 176 cm³/mol. The van der Waals surface area contributed by atoms with Crippen LogP contribution in [-0.2, 0) is 19.6 Å². The van der Waals surface area contributed by atoms with Gasteiger partial charge in [-0.15, -0.1) is 11.3 Å². The fourth-order valence-corrected chi connectivity index (χ4v) is 7.61. The van der Waals surface area contributed by atoms with E-state index in [-0.39, 0.29) is 47.1 Å². The lowest BCUT2D eigenvalue weighted by Gasteiger charge is -2.31. The predicted octanol–water partition coefficient (Wildman–Crippen LogP) is 3.22. The molecule has 2 aromatic carbocycles. The normalized spacial score (nSPS) is 15.6. The number of fused-ring (bicyclic) bond motifs is 1. The number of carbonyl (C=O) groups is 3. The van der Waals surface area contributed by atoms with Gasteiger partial charge in [-0.1, -0.05) is 44.2 Å². The Balaban J connectivity index is 1.38. The molecule has 1 aliphatic heterocycles. The summed E-state index contributed by atoms with van der Waals surface area (Å²) in [5.41, 5.74) is 6.06. The summed E-state index contributed by atoms with van der Waals surface area (Å²) in [6, 6.07) is 13.7. The van der Waals surface area contributed by atoms with E-state index in [1.54, 1.807) is 30.3 Å². The Kier molecular flexibility index (Phi) is 12.1. The summed E-state index contributed by atoms with van der Waals surface area (Å²) in [4.78, 5) is 44.8. The number of ether oxygens (including phenoxy) is 1. The van der Waals surface area contributed by atoms with Gasteiger partial charge >= 0.3 is 6.09 Å². The molecular formula is C31H41N7O6S2. The number of nitrogens with two attached hydrogens (primary N) is 1. The van der Waals surface area contributed by atoms with Crippen molar-refractivity contribution in [2.75, 3.05) is 19.6 Å². The number of thiazole rings is 1. The van der Waals surface area contributed by atoms with Crippen LogP contribution in [0, 0.1) is 11.3 Å². The summed E-state index contributed by atoms with van der Waals surface area (Å²) >= 11 is 1.24. The fraction of sp³-hybridized carbons (Fsp3) is 0.452. The summed E-state index contributed by atoms with van der Waals surface area (Å²) in [6.45, 7) is 4.54. The number of nitrogens with zero attached hydrogens (tertiary/aromatic N) is 2. The molecule has 248 valence electrons. The molecule has 15 heteroatoms. The van der Waals surface area contributed by atoms with Crippen LogP contribution in [0.3, 0.4) is 0 Å². The van der Waals surface area contributed by atoms with E-state index < -0.39 is 40.2 Å². The topological polar surface area (TPSA) is 197 Å². The third-order valence-corrected chi connectivity index (χ3v) is 10.5. The van der Waals surface area contributed by atoms with E-state index in [4.69, 9.17) is 15.9 Å². The number of alkyl carbamates (subject to hydrolysis) is 1. The number of sulfonamides is 1. The van der Waals surface area contributed by atoms with Gasteiger partial charge in [-0.25, -0.2) is 18.2 Å². The monoisotopic (exact) mass is 671 g/mol. The van der Waals surface area contributed by atoms with Gasteiger partial charge in [0, 0.05) is 19.6 Å². The molecular weight excluding hydrogens is 631 g/mol. The smallest absolute Gasteiger partial charge is 0.408 e. The number of carbonyl (C=O) groups excluding carboxylic acids is 3.